The minimum Gasteiger partial charge on any atom is -0.478 e. The number of rotatable bonds is 3. The molecule has 0 aliphatic rings. The first kappa shape index (κ1) is 14.0. The van der Waals surface area contributed by atoms with Crippen molar-refractivity contribution in [2.24, 2.45) is 0 Å². The molecular weight excluding hydrogens is 280 g/mol. The van der Waals surface area contributed by atoms with E-state index in [-0.39, 0.29) is 16.6 Å². The Morgan fingerprint density at radius 3 is 2.65 bits per heavy atom. The highest BCUT2D eigenvalue weighted by atomic mass is 35.5. The first-order chi connectivity index (χ1) is 9.47. The Morgan fingerprint density at radius 1 is 1.25 bits per heavy atom. The van der Waals surface area contributed by atoms with Gasteiger partial charge in [-0.25, -0.2) is 9.78 Å². The van der Waals surface area contributed by atoms with Gasteiger partial charge in [0, 0.05) is 24.4 Å². The lowest BCUT2D eigenvalue weighted by Gasteiger charge is -2.07. The molecule has 1 aromatic carbocycles. The van der Waals surface area contributed by atoms with Crippen LogP contribution < -0.4 is 5.32 Å². The number of carbonyl (C=O) groups is 2. The van der Waals surface area contributed by atoms with E-state index in [0.717, 1.165) is 5.56 Å². The van der Waals surface area contributed by atoms with Gasteiger partial charge in [-0.15, -0.1) is 0 Å². The molecule has 1 heterocycles. The SMILES string of the molecule is CC(=O)Nc1cccc(-c2cnc(Cl)c(C(=O)O)c2)c1. The summed E-state index contributed by atoms with van der Waals surface area (Å²) in [6.07, 6.45) is 1.49. The van der Waals surface area contributed by atoms with Crippen molar-refractivity contribution in [1.82, 2.24) is 4.98 Å². The molecule has 0 aliphatic carbocycles. The van der Waals surface area contributed by atoms with E-state index in [0.29, 0.717) is 11.3 Å². The maximum atomic E-state index is 11.0. The second kappa shape index (κ2) is 5.71. The van der Waals surface area contributed by atoms with Crippen molar-refractivity contribution in [3.63, 3.8) is 0 Å². The topological polar surface area (TPSA) is 79.3 Å². The number of carbonyl (C=O) groups excluding carboxylic acids is 1. The van der Waals surface area contributed by atoms with Gasteiger partial charge in [-0.1, -0.05) is 23.7 Å². The molecule has 0 unspecified atom stereocenters. The number of nitrogens with zero attached hydrogens (tertiary/aromatic N) is 1. The number of amides is 1. The molecule has 2 rings (SSSR count). The molecular formula is C14H11ClN2O3. The van der Waals surface area contributed by atoms with Crippen LogP contribution in [-0.4, -0.2) is 22.0 Å². The smallest absolute Gasteiger partial charge is 0.338 e. The lowest BCUT2D eigenvalue weighted by Crippen LogP contribution is -2.05. The number of anilines is 1. The number of carboxylic acids is 1. The van der Waals surface area contributed by atoms with Crippen LogP contribution in [0.4, 0.5) is 5.69 Å². The average Bonchev–Trinajstić information content (AvgIpc) is 2.38. The third-order valence-electron chi connectivity index (χ3n) is 2.59. The molecule has 0 saturated carbocycles. The van der Waals surface area contributed by atoms with Crippen LogP contribution in [0.15, 0.2) is 36.5 Å². The molecule has 6 heteroatoms. The van der Waals surface area contributed by atoms with Crippen molar-refractivity contribution in [2.75, 3.05) is 5.32 Å². The Hall–Kier alpha value is -2.40. The molecule has 0 atom stereocenters. The molecule has 0 saturated heterocycles. The van der Waals surface area contributed by atoms with Gasteiger partial charge in [0.25, 0.3) is 0 Å². The summed E-state index contributed by atoms with van der Waals surface area (Å²) in [6.45, 7) is 1.42. The quantitative estimate of drug-likeness (QED) is 0.852. The fraction of sp³-hybridized carbons (Fsp3) is 0.0714. The lowest BCUT2D eigenvalue weighted by molar-refractivity contribution is -0.114. The molecule has 2 aromatic rings. The number of hydrogen-bond acceptors (Lipinski definition) is 3. The number of pyridine rings is 1. The molecule has 102 valence electrons. The van der Waals surface area contributed by atoms with Crippen LogP contribution in [0.25, 0.3) is 11.1 Å². The largest absolute Gasteiger partial charge is 0.478 e. The highest BCUT2D eigenvalue weighted by Crippen LogP contribution is 2.25. The molecule has 0 spiro atoms. The number of carboxylic acid groups (broad SMARTS) is 1. The minimum absolute atomic E-state index is 0.0562. The number of nitrogens with one attached hydrogen (secondary N) is 1. The van der Waals surface area contributed by atoms with Crippen molar-refractivity contribution in [3.8, 4) is 11.1 Å². The van der Waals surface area contributed by atoms with Gasteiger partial charge in [-0.2, -0.15) is 0 Å². The molecule has 5 nitrogen and oxygen atoms in total. The predicted octanol–water partition coefficient (Wildman–Crippen LogP) is 3.06. The third-order valence-corrected chi connectivity index (χ3v) is 2.89. The van der Waals surface area contributed by atoms with E-state index in [1.807, 2.05) is 0 Å². The van der Waals surface area contributed by atoms with Crippen molar-refractivity contribution < 1.29 is 14.7 Å². The van der Waals surface area contributed by atoms with E-state index < -0.39 is 5.97 Å². The Labute approximate surface area is 120 Å². The van der Waals surface area contributed by atoms with E-state index in [1.165, 1.54) is 19.2 Å². The molecule has 2 N–H and O–H groups in total. The summed E-state index contributed by atoms with van der Waals surface area (Å²) in [5, 5.41) is 11.6. The van der Waals surface area contributed by atoms with Crippen molar-refractivity contribution in [2.45, 2.75) is 6.92 Å². The summed E-state index contributed by atoms with van der Waals surface area (Å²) in [7, 11) is 0. The van der Waals surface area contributed by atoms with Crippen LogP contribution in [-0.2, 0) is 4.79 Å². The summed E-state index contributed by atoms with van der Waals surface area (Å²) < 4.78 is 0. The number of benzene rings is 1. The van der Waals surface area contributed by atoms with Gasteiger partial charge in [0.05, 0.1) is 5.56 Å². The average molecular weight is 291 g/mol. The standard InChI is InChI=1S/C14H11ClN2O3/c1-8(18)17-11-4-2-3-9(5-11)10-6-12(14(19)20)13(15)16-7-10/h2-7H,1H3,(H,17,18)(H,19,20). The maximum absolute atomic E-state index is 11.0. The highest BCUT2D eigenvalue weighted by molar-refractivity contribution is 6.32. The van der Waals surface area contributed by atoms with Crippen LogP contribution in [0.2, 0.25) is 5.15 Å². The Kier molecular flexibility index (Phi) is 4.00. The van der Waals surface area contributed by atoms with E-state index in [9.17, 15) is 9.59 Å². The number of hydrogen-bond donors (Lipinski definition) is 2. The first-order valence-electron chi connectivity index (χ1n) is 5.74. The summed E-state index contributed by atoms with van der Waals surface area (Å²) >= 11 is 5.73. The minimum atomic E-state index is -1.14. The predicted molar refractivity (Wildman–Crippen MR) is 75.9 cm³/mol. The van der Waals surface area contributed by atoms with Gasteiger partial charge in [0.2, 0.25) is 5.91 Å². The van der Waals surface area contributed by atoms with Crippen LogP contribution in [0.1, 0.15) is 17.3 Å². The first-order valence-corrected chi connectivity index (χ1v) is 6.12. The van der Waals surface area contributed by atoms with Crippen LogP contribution in [0.3, 0.4) is 0 Å². The second-order valence-corrected chi connectivity index (χ2v) is 4.49. The van der Waals surface area contributed by atoms with E-state index >= 15 is 0 Å². The monoisotopic (exact) mass is 290 g/mol. The van der Waals surface area contributed by atoms with Gasteiger partial charge in [0.15, 0.2) is 0 Å². The highest BCUT2D eigenvalue weighted by Gasteiger charge is 2.12. The number of aromatic nitrogens is 1. The zero-order valence-electron chi connectivity index (χ0n) is 10.6. The molecule has 0 radical (unpaired) electrons. The zero-order chi connectivity index (χ0) is 14.7. The van der Waals surface area contributed by atoms with Crippen LogP contribution in [0, 0.1) is 0 Å². The van der Waals surface area contributed by atoms with Crippen LogP contribution >= 0.6 is 11.6 Å². The molecule has 20 heavy (non-hydrogen) atoms. The molecule has 0 fully saturated rings. The van der Waals surface area contributed by atoms with E-state index in [1.54, 1.807) is 24.3 Å². The van der Waals surface area contributed by atoms with E-state index in [2.05, 4.69) is 10.3 Å². The fourth-order valence-electron chi connectivity index (χ4n) is 1.74. The van der Waals surface area contributed by atoms with Crippen LogP contribution in [0.5, 0.6) is 0 Å². The molecule has 1 amide bonds. The van der Waals surface area contributed by atoms with Gasteiger partial charge >= 0.3 is 5.97 Å². The Bertz CT molecular complexity index is 686. The molecule has 1 aromatic heterocycles. The van der Waals surface area contributed by atoms with Crippen molar-refractivity contribution in [1.29, 1.82) is 0 Å². The summed E-state index contributed by atoms with van der Waals surface area (Å²) in [4.78, 5) is 25.9. The van der Waals surface area contributed by atoms with Gasteiger partial charge in [-0.05, 0) is 23.8 Å². The maximum Gasteiger partial charge on any atom is 0.338 e. The van der Waals surface area contributed by atoms with Gasteiger partial charge < -0.3 is 10.4 Å². The summed E-state index contributed by atoms with van der Waals surface area (Å²) in [5.41, 5.74) is 1.91. The van der Waals surface area contributed by atoms with Gasteiger partial charge in [-0.3, -0.25) is 4.79 Å². The Balaban J connectivity index is 2.43. The third kappa shape index (κ3) is 3.13. The lowest BCUT2D eigenvalue weighted by atomic mass is 10.1. The van der Waals surface area contributed by atoms with E-state index in [4.69, 9.17) is 16.7 Å². The number of aromatic carboxylic acids is 1. The second-order valence-electron chi connectivity index (χ2n) is 4.13. The summed E-state index contributed by atoms with van der Waals surface area (Å²) in [5.74, 6) is -1.31. The fourth-order valence-corrected chi connectivity index (χ4v) is 1.92. The van der Waals surface area contributed by atoms with Gasteiger partial charge in [0.1, 0.15) is 5.15 Å². The Morgan fingerprint density at radius 2 is 2.00 bits per heavy atom. The molecule has 0 bridgehead atoms. The number of halogens is 1. The van der Waals surface area contributed by atoms with Crippen molar-refractivity contribution in [3.05, 3.63) is 47.2 Å². The normalized spacial score (nSPS) is 10.1. The van der Waals surface area contributed by atoms with Crippen molar-refractivity contribution >= 4 is 29.2 Å². The zero-order valence-corrected chi connectivity index (χ0v) is 11.3. The summed E-state index contributed by atoms with van der Waals surface area (Å²) in [6, 6.07) is 8.48. The molecule has 0 aliphatic heterocycles.